The zero-order chi connectivity index (χ0) is 6.85. The van der Waals surface area contributed by atoms with E-state index in [1.54, 1.807) is 0 Å². The van der Waals surface area contributed by atoms with Crippen LogP contribution in [0.3, 0.4) is 0 Å². The number of nitrogens with zero attached hydrogens (tertiary/aromatic N) is 2. The van der Waals surface area contributed by atoms with Crippen molar-refractivity contribution < 1.29 is 113 Å². The maximum absolute atomic E-state index is 10.3. The standard InChI is InChI=1S/C4H4N2O2S.2K/c7-2-1-3(8)6-4(9)5-2;;/h1H2,(H2,5,6,7,8,9);;/q;2*+1/p-2. The summed E-state index contributed by atoms with van der Waals surface area (Å²) in [5.74, 6) is -1.000. The minimum Gasteiger partial charge on any atom is -0.861 e. The smallest absolute Gasteiger partial charge is 0.861 e. The predicted octanol–water partition coefficient (Wildman–Crippen LogP) is -7.41. The molecule has 0 bridgehead atoms. The molecule has 0 aromatic heterocycles. The Hall–Kier alpha value is 2.30. The molecule has 0 spiro atoms. The second kappa shape index (κ2) is 7.68. The molecule has 7 heteroatoms. The number of hydrogen-bond donors (Lipinski definition) is 0. The third-order valence-corrected chi connectivity index (χ3v) is 0.926. The number of carbonyl (C=O) groups excluding carboxylic acids is 1. The fraction of sp³-hybridized carbons (Fsp3) is 0.250. The average Bonchev–Trinajstić information content (AvgIpc) is 1.59. The Bertz CT molecular complexity index is 216. The first-order valence-electron chi connectivity index (χ1n) is 2.21. The van der Waals surface area contributed by atoms with E-state index in [4.69, 9.17) is 0 Å². The molecule has 0 N–H and O–H groups in total. The molecule has 0 aliphatic carbocycles. The van der Waals surface area contributed by atoms with E-state index in [1.165, 1.54) is 0 Å². The maximum Gasteiger partial charge on any atom is 1.00 e. The Labute approximate surface area is 155 Å². The molecule has 0 fully saturated rings. The fourth-order valence-corrected chi connectivity index (χ4v) is 0.650. The largest absolute Gasteiger partial charge is 1.00 e. The molecule has 0 radical (unpaired) electrons. The molecular weight excluding hydrogens is 218 g/mol. The van der Waals surface area contributed by atoms with Gasteiger partial charge in [-0.05, 0) is 5.90 Å². The van der Waals surface area contributed by atoms with Gasteiger partial charge in [0.25, 0.3) is 0 Å². The predicted molar refractivity (Wildman–Crippen MR) is 31.9 cm³/mol. The summed E-state index contributed by atoms with van der Waals surface area (Å²) in [5, 5.41) is 10.2. The molecule has 0 saturated carbocycles. The number of amidine groups is 1. The number of amides is 1. The van der Waals surface area contributed by atoms with Crippen molar-refractivity contribution in [2.24, 2.45) is 9.98 Å². The van der Waals surface area contributed by atoms with E-state index < -0.39 is 11.8 Å². The third-order valence-electron chi connectivity index (χ3n) is 0.743. The van der Waals surface area contributed by atoms with E-state index in [-0.39, 0.29) is 114 Å². The molecule has 0 aromatic rings. The number of carbonyl (C=O) groups is 1. The summed E-state index contributed by atoms with van der Waals surface area (Å²) in [6.07, 6.45) is -0.236. The van der Waals surface area contributed by atoms with Crippen LogP contribution in [0.1, 0.15) is 6.42 Å². The van der Waals surface area contributed by atoms with E-state index in [1.807, 2.05) is 0 Å². The Morgan fingerprint density at radius 1 is 1.36 bits per heavy atom. The Balaban J connectivity index is 0. The van der Waals surface area contributed by atoms with Crippen LogP contribution in [0.25, 0.3) is 0 Å². The van der Waals surface area contributed by atoms with Gasteiger partial charge in [0, 0.05) is 5.17 Å². The summed E-state index contributed by atoms with van der Waals surface area (Å²) < 4.78 is 0. The Morgan fingerprint density at radius 3 is 2.27 bits per heavy atom. The van der Waals surface area contributed by atoms with E-state index in [2.05, 4.69) is 22.6 Å². The van der Waals surface area contributed by atoms with Crippen molar-refractivity contribution >= 4 is 29.6 Å². The van der Waals surface area contributed by atoms with Crippen molar-refractivity contribution in [2.45, 2.75) is 6.42 Å². The van der Waals surface area contributed by atoms with E-state index in [0.717, 1.165) is 0 Å². The fourth-order valence-electron chi connectivity index (χ4n) is 0.447. The molecule has 0 atom stereocenters. The first-order valence-corrected chi connectivity index (χ1v) is 2.62. The van der Waals surface area contributed by atoms with Gasteiger partial charge in [-0.1, -0.05) is 0 Å². The van der Waals surface area contributed by atoms with Gasteiger partial charge < -0.3 is 17.7 Å². The summed E-state index contributed by atoms with van der Waals surface area (Å²) in [6.45, 7) is 0. The van der Waals surface area contributed by atoms with Crippen LogP contribution < -0.4 is 108 Å². The molecule has 1 heterocycles. The van der Waals surface area contributed by atoms with Gasteiger partial charge in [-0.3, -0.25) is 9.79 Å². The van der Waals surface area contributed by atoms with Crippen LogP contribution in [0, 0.1) is 0 Å². The van der Waals surface area contributed by atoms with Gasteiger partial charge in [0.05, 0.1) is 6.42 Å². The van der Waals surface area contributed by atoms with Gasteiger partial charge in [-0.2, -0.15) is 0 Å². The van der Waals surface area contributed by atoms with E-state index >= 15 is 0 Å². The second-order valence-electron chi connectivity index (χ2n) is 1.47. The summed E-state index contributed by atoms with van der Waals surface area (Å²) >= 11 is 4.38. The van der Waals surface area contributed by atoms with Crippen LogP contribution in [0.5, 0.6) is 0 Å². The van der Waals surface area contributed by atoms with Gasteiger partial charge >= 0.3 is 103 Å². The Morgan fingerprint density at radius 2 is 1.91 bits per heavy atom. The van der Waals surface area contributed by atoms with Crippen molar-refractivity contribution in [3.63, 3.8) is 0 Å². The first-order chi connectivity index (χ1) is 4.18. The summed E-state index contributed by atoms with van der Waals surface area (Å²) in [4.78, 5) is 16.8. The maximum atomic E-state index is 10.3. The van der Waals surface area contributed by atoms with Crippen molar-refractivity contribution in [3.05, 3.63) is 0 Å². The molecule has 1 amide bonds. The quantitative estimate of drug-likeness (QED) is 0.301. The van der Waals surface area contributed by atoms with Gasteiger partial charge in [0.2, 0.25) is 5.91 Å². The molecule has 0 aromatic carbocycles. The molecule has 11 heavy (non-hydrogen) atoms. The van der Waals surface area contributed by atoms with Crippen molar-refractivity contribution in [1.82, 2.24) is 0 Å². The van der Waals surface area contributed by atoms with Crippen molar-refractivity contribution in [3.8, 4) is 0 Å². The van der Waals surface area contributed by atoms with Gasteiger partial charge in [-0.15, -0.1) is 0 Å². The van der Waals surface area contributed by atoms with Gasteiger partial charge in [0.15, 0.2) is 0 Å². The normalized spacial score (nSPS) is 15.5. The number of aliphatic imine (C=N–C) groups is 2. The second-order valence-corrected chi connectivity index (χ2v) is 1.84. The number of rotatable bonds is 0. The molecule has 48 valence electrons. The molecular formula is C4H2K2N2O2S. The molecule has 0 saturated heterocycles. The zero-order valence-corrected chi connectivity index (χ0v) is 13.4. The van der Waals surface area contributed by atoms with Crippen LogP contribution in [0.2, 0.25) is 0 Å². The van der Waals surface area contributed by atoms with Gasteiger partial charge in [0.1, 0.15) is 0 Å². The van der Waals surface area contributed by atoms with E-state index in [9.17, 15) is 9.90 Å². The summed E-state index contributed by atoms with van der Waals surface area (Å²) in [7, 11) is 0. The van der Waals surface area contributed by atoms with Crippen LogP contribution >= 0.6 is 0 Å². The minimum absolute atomic E-state index is 0. The SMILES string of the molecule is O=C1CC([O-])=NC([S-])=N1.[K+].[K+]. The monoisotopic (exact) mass is 220 g/mol. The molecule has 1 aliphatic rings. The summed E-state index contributed by atoms with van der Waals surface area (Å²) in [6, 6.07) is 0. The average molecular weight is 220 g/mol. The first kappa shape index (κ1) is 15.8. The topological polar surface area (TPSA) is 64.8 Å². The van der Waals surface area contributed by atoms with E-state index in [0.29, 0.717) is 0 Å². The van der Waals surface area contributed by atoms with Crippen molar-refractivity contribution in [2.75, 3.05) is 0 Å². The molecule has 1 aliphatic heterocycles. The van der Waals surface area contributed by atoms with Crippen LogP contribution in [0.4, 0.5) is 0 Å². The Kier molecular flexibility index (Phi) is 11.0. The molecule has 1 rings (SSSR count). The van der Waals surface area contributed by atoms with Crippen LogP contribution in [-0.2, 0) is 17.4 Å². The minimum atomic E-state index is -0.500. The molecule has 4 nitrogen and oxygen atoms in total. The van der Waals surface area contributed by atoms with Crippen molar-refractivity contribution in [1.29, 1.82) is 0 Å². The number of hydrogen-bond acceptors (Lipinski definition) is 4. The molecule has 0 unspecified atom stereocenters. The van der Waals surface area contributed by atoms with Crippen LogP contribution in [0.15, 0.2) is 9.98 Å². The third kappa shape index (κ3) is 6.38. The zero-order valence-electron chi connectivity index (χ0n) is 6.33. The van der Waals surface area contributed by atoms with Crippen LogP contribution in [-0.4, -0.2) is 17.0 Å². The summed E-state index contributed by atoms with van der Waals surface area (Å²) in [5.41, 5.74) is 0. The van der Waals surface area contributed by atoms with Gasteiger partial charge in [-0.25, -0.2) is 4.99 Å².